The van der Waals surface area contributed by atoms with Gasteiger partial charge in [-0.15, -0.1) is 0 Å². The highest BCUT2D eigenvalue weighted by Gasteiger charge is 2.58. The van der Waals surface area contributed by atoms with Gasteiger partial charge in [0.25, 0.3) is 0 Å². The number of aromatic nitrogens is 3. The predicted octanol–water partition coefficient (Wildman–Crippen LogP) is 6.05. The molecule has 2 heterocycles. The van der Waals surface area contributed by atoms with Crippen molar-refractivity contribution in [3.8, 4) is 17.0 Å². The number of aliphatic hydroxyl groups excluding tert-OH is 1. The van der Waals surface area contributed by atoms with Crippen LogP contribution < -0.4 is 4.74 Å². The average molecular weight is 484 g/mol. The first kappa shape index (κ1) is 22.5. The minimum absolute atomic E-state index is 0.146. The van der Waals surface area contributed by atoms with E-state index in [9.17, 15) is 5.11 Å². The van der Waals surface area contributed by atoms with E-state index >= 15 is 0 Å². The van der Waals surface area contributed by atoms with E-state index in [0.717, 1.165) is 54.8 Å². The first-order valence-electron chi connectivity index (χ1n) is 13.7. The molecule has 4 aliphatic carbocycles. The van der Waals surface area contributed by atoms with Gasteiger partial charge in [-0.2, -0.15) is 5.10 Å². The third-order valence-corrected chi connectivity index (χ3v) is 10.7. The molecule has 0 bridgehead atoms. The number of fused-ring (bicyclic) bond motifs is 9. The monoisotopic (exact) mass is 483 g/mol. The molecule has 0 saturated heterocycles. The fourth-order valence-electron chi connectivity index (χ4n) is 8.88. The molecule has 36 heavy (non-hydrogen) atoms. The van der Waals surface area contributed by atoms with Crippen molar-refractivity contribution in [2.24, 2.45) is 23.2 Å². The lowest BCUT2D eigenvalue weighted by Gasteiger charge is -2.57. The van der Waals surface area contributed by atoms with Crippen molar-refractivity contribution in [3.05, 3.63) is 58.9 Å². The molecule has 0 aliphatic heterocycles. The summed E-state index contributed by atoms with van der Waals surface area (Å²) in [6.45, 7) is 7.23. The van der Waals surface area contributed by atoms with Crippen LogP contribution in [0, 0.1) is 30.1 Å². The zero-order valence-electron chi connectivity index (χ0n) is 21.9. The number of hydrogen-bond donors (Lipinski definition) is 1. The fourth-order valence-corrected chi connectivity index (χ4v) is 8.88. The van der Waals surface area contributed by atoms with Gasteiger partial charge in [-0.3, -0.25) is 0 Å². The second kappa shape index (κ2) is 7.67. The van der Waals surface area contributed by atoms with Crippen molar-refractivity contribution in [1.82, 2.24) is 14.6 Å². The first-order chi connectivity index (χ1) is 17.3. The van der Waals surface area contributed by atoms with Gasteiger partial charge in [-0.25, -0.2) is 9.50 Å². The quantitative estimate of drug-likeness (QED) is 0.451. The zero-order valence-corrected chi connectivity index (χ0v) is 21.9. The Labute approximate surface area is 213 Å². The normalized spacial score (nSPS) is 35.0. The van der Waals surface area contributed by atoms with E-state index in [1.807, 2.05) is 12.1 Å². The lowest BCUT2D eigenvalue weighted by molar-refractivity contribution is -0.0165. The summed E-state index contributed by atoms with van der Waals surface area (Å²) in [5, 5.41) is 15.5. The number of hydrogen-bond acceptors (Lipinski definition) is 4. The maximum atomic E-state index is 10.3. The van der Waals surface area contributed by atoms with Crippen LogP contribution in [0.4, 0.5) is 0 Å². The SMILES string of the molecule is COc1ccc(-c2cc3nc(C)c4c(n3n2)C[C@H]2[C@@H]3CC=C5C[C@@H](O)CC[C@]5(C)[C@H]3CC[C@]42C)cc1. The Morgan fingerprint density at radius 2 is 1.81 bits per heavy atom. The number of ether oxygens (including phenoxy) is 1. The van der Waals surface area contributed by atoms with Crippen molar-refractivity contribution < 1.29 is 9.84 Å². The third kappa shape index (κ3) is 2.98. The summed E-state index contributed by atoms with van der Waals surface area (Å²) in [4.78, 5) is 5.09. The van der Waals surface area contributed by atoms with Gasteiger partial charge >= 0.3 is 0 Å². The summed E-state index contributed by atoms with van der Waals surface area (Å²) in [5.41, 5.74) is 8.99. The largest absolute Gasteiger partial charge is 0.497 e. The minimum Gasteiger partial charge on any atom is -0.497 e. The second-order valence-electron chi connectivity index (χ2n) is 12.4. The number of methoxy groups -OCH3 is 1. The molecule has 7 rings (SSSR count). The highest BCUT2D eigenvalue weighted by atomic mass is 16.5. The Balaban J connectivity index is 1.30. The molecule has 0 amide bonds. The summed E-state index contributed by atoms with van der Waals surface area (Å²) in [7, 11) is 1.70. The fraction of sp³-hybridized carbons (Fsp3) is 0.548. The minimum atomic E-state index is -0.146. The van der Waals surface area contributed by atoms with Crippen LogP contribution in [0.1, 0.15) is 69.3 Å². The van der Waals surface area contributed by atoms with Crippen LogP contribution in [0.25, 0.3) is 16.9 Å². The Bertz CT molecular complexity index is 1390. The third-order valence-electron chi connectivity index (χ3n) is 10.7. The Morgan fingerprint density at radius 1 is 1.03 bits per heavy atom. The average Bonchev–Trinajstić information content (AvgIpc) is 3.43. The summed E-state index contributed by atoms with van der Waals surface area (Å²) in [6.07, 6.45) is 10.1. The molecule has 4 aliphatic rings. The number of allylic oxidation sites excluding steroid dienone is 1. The lowest BCUT2D eigenvalue weighted by Crippen LogP contribution is -2.51. The molecule has 0 spiro atoms. The van der Waals surface area contributed by atoms with Gasteiger partial charge in [-0.1, -0.05) is 25.5 Å². The van der Waals surface area contributed by atoms with Gasteiger partial charge in [-0.05, 0) is 105 Å². The number of aliphatic hydroxyl groups is 1. The van der Waals surface area contributed by atoms with Crippen LogP contribution in [0.5, 0.6) is 5.75 Å². The van der Waals surface area contributed by atoms with Crippen LogP contribution in [0.3, 0.4) is 0 Å². The van der Waals surface area contributed by atoms with E-state index in [1.165, 1.54) is 35.4 Å². The van der Waals surface area contributed by atoms with Gasteiger partial charge in [0.15, 0.2) is 5.65 Å². The molecule has 1 aromatic carbocycles. The highest BCUT2D eigenvalue weighted by Crippen LogP contribution is 2.64. The topological polar surface area (TPSA) is 59.7 Å². The van der Waals surface area contributed by atoms with Crippen molar-refractivity contribution in [2.45, 2.75) is 77.2 Å². The second-order valence-corrected chi connectivity index (χ2v) is 12.4. The molecule has 5 heteroatoms. The molecular weight excluding hydrogens is 446 g/mol. The van der Waals surface area contributed by atoms with Gasteiger partial charge in [0, 0.05) is 22.9 Å². The first-order valence-corrected chi connectivity index (χ1v) is 13.7. The zero-order chi connectivity index (χ0) is 24.8. The molecular formula is C31H37N3O2. The number of rotatable bonds is 2. The maximum Gasteiger partial charge on any atom is 0.156 e. The van der Waals surface area contributed by atoms with E-state index in [4.69, 9.17) is 14.8 Å². The van der Waals surface area contributed by atoms with E-state index in [2.05, 4.69) is 49.6 Å². The Kier molecular flexibility index (Phi) is 4.80. The van der Waals surface area contributed by atoms with Crippen molar-refractivity contribution in [1.29, 1.82) is 0 Å². The smallest absolute Gasteiger partial charge is 0.156 e. The molecule has 2 saturated carbocycles. The summed E-state index contributed by atoms with van der Waals surface area (Å²) < 4.78 is 7.50. The number of aryl methyl sites for hydroxylation is 1. The van der Waals surface area contributed by atoms with Crippen LogP contribution in [-0.4, -0.2) is 32.9 Å². The maximum absolute atomic E-state index is 10.3. The van der Waals surface area contributed by atoms with E-state index in [0.29, 0.717) is 17.8 Å². The molecule has 0 unspecified atom stereocenters. The standard InChI is InChI=1S/C31H37N3O2/c1-18-29-27(34-28(32-18)17-26(33-34)19-5-8-22(36-4)9-6-19)16-25-23-10-7-20-15-21(35)11-13-30(20,2)24(23)12-14-31(25,29)3/h5-9,17,21,23-25,35H,10-16H2,1-4H3/t21-,23+,24-,25-,30-,31-/m0/s1. The molecule has 2 fully saturated rings. The molecule has 2 aromatic heterocycles. The van der Waals surface area contributed by atoms with Crippen molar-refractivity contribution >= 4 is 5.65 Å². The van der Waals surface area contributed by atoms with Crippen molar-refractivity contribution in [3.63, 3.8) is 0 Å². The summed E-state index contributed by atoms with van der Waals surface area (Å²) in [5.74, 6) is 2.88. The van der Waals surface area contributed by atoms with Gasteiger partial charge in [0.2, 0.25) is 0 Å². The summed E-state index contributed by atoms with van der Waals surface area (Å²) in [6, 6.07) is 10.3. The molecule has 1 N–H and O–H groups in total. The predicted molar refractivity (Wildman–Crippen MR) is 141 cm³/mol. The molecule has 0 radical (unpaired) electrons. The number of nitrogens with zero attached hydrogens (tertiary/aromatic N) is 3. The van der Waals surface area contributed by atoms with E-state index in [-0.39, 0.29) is 16.9 Å². The van der Waals surface area contributed by atoms with E-state index in [1.54, 1.807) is 7.11 Å². The highest BCUT2D eigenvalue weighted by molar-refractivity contribution is 5.66. The van der Waals surface area contributed by atoms with Crippen LogP contribution in [-0.2, 0) is 11.8 Å². The molecule has 5 nitrogen and oxygen atoms in total. The lowest BCUT2D eigenvalue weighted by atomic mass is 9.47. The van der Waals surface area contributed by atoms with Crippen LogP contribution >= 0.6 is 0 Å². The van der Waals surface area contributed by atoms with Gasteiger partial charge in [0.05, 0.1) is 24.6 Å². The Morgan fingerprint density at radius 3 is 2.58 bits per heavy atom. The Hall–Kier alpha value is -2.66. The molecule has 6 atom stereocenters. The van der Waals surface area contributed by atoms with Gasteiger partial charge < -0.3 is 9.84 Å². The summed E-state index contributed by atoms with van der Waals surface area (Å²) >= 11 is 0. The molecule has 3 aromatic rings. The van der Waals surface area contributed by atoms with Crippen molar-refractivity contribution in [2.75, 3.05) is 7.11 Å². The van der Waals surface area contributed by atoms with Crippen LogP contribution in [0.15, 0.2) is 42.0 Å². The van der Waals surface area contributed by atoms with E-state index < -0.39 is 0 Å². The number of benzene rings is 1. The van der Waals surface area contributed by atoms with Gasteiger partial charge in [0.1, 0.15) is 5.75 Å². The molecule has 188 valence electrons. The van der Waals surface area contributed by atoms with Crippen LogP contribution in [0.2, 0.25) is 0 Å².